The van der Waals surface area contributed by atoms with Crippen molar-refractivity contribution in [3.63, 3.8) is 0 Å². The highest BCUT2D eigenvalue weighted by molar-refractivity contribution is 7.17. The molecule has 0 N–H and O–H groups in total. The van der Waals surface area contributed by atoms with Crippen LogP contribution in [0.15, 0.2) is 12.1 Å². The van der Waals surface area contributed by atoms with E-state index in [1.54, 1.807) is 0 Å². The van der Waals surface area contributed by atoms with Crippen LogP contribution in [0.3, 0.4) is 0 Å². The van der Waals surface area contributed by atoms with Gasteiger partial charge in [-0.15, -0.1) is 11.3 Å². The van der Waals surface area contributed by atoms with E-state index < -0.39 is 12.1 Å². The lowest BCUT2D eigenvalue weighted by Gasteiger charge is -2.09. The molecule has 1 heterocycles. The van der Waals surface area contributed by atoms with Crippen LogP contribution in [0.1, 0.15) is 16.6 Å². The number of carbonyl (C=O) groups excluding carboxylic acids is 1. The molecule has 6 heteroatoms. The predicted molar refractivity (Wildman–Crippen MR) is 45.4 cm³/mol. The number of hydrogen-bond acceptors (Lipinski definition) is 3. The Kier molecular flexibility index (Phi) is 2.87. The van der Waals surface area contributed by atoms with E-state index in [9.17, 15) is 13.6 Å². The summed E-state index contributed by atoms with van der Waals surface area (Å²) < 4.78 is 28.6. The van der Waals surface area contributed by atoms with Gasteiger partial charge in [-0.25, -0.2) is 4.79 Å². The van der Waals surface area contributed by atoms with Crippen LogP contribution in [-0.2, 0) is 4.74 Å². The normalized spacial score (nSPS) is 11.4. The summed E-state index contributed by atoms with van der Waals surface area (Å²) >= 11 is 6.39. The molecule has 0 bridgehead atoms. The highest BCUT2D eigenvalue weighted by Gasteiger charge is 2.27. The number of thiophene rings is 1. The smallest absolute Gasteiger partial charge is 0.397 e. The molecule has 0 aliphatic heterocycles. The summed E-state index contributed by atoms with van der Waals surface area (Å²) in [6, 6.07) is 2.78. The van der Waals surface area contributed by atoms with Gasteiger partial charge >= 0.3 is 12.1 Å². The van der Waals surface area contributed by atoms with E-state index in [0.717, 1.165) is 11.3 Å². The molecule has 0 unspecified atom stereocenters. The third kappa shape index (κ3) is 3.28. The third-order valence-corrected chi connectivity index (χ3v) is 2.26. The summed E-state index contributed by atoms with van der Waals surface area (Å²) in [6.07, 6.45) is -3.45. The largest absolute Gasteiger partial charge is 0.397 e. The Labute approximate surface area is 82.1 Å². The second-order valence-corrected chi connectivity index (χ2v) is 4.02. The molecule has 72 valence electrons. The number of hydrogen-bond donors (Lipinski definition) is 0. The molecule has 0 spiro atoms. The molecule has 0 aliphatic rings. The zero-order valence-corrected chi connectivity index (χ0v) is 8.09. The fourth-order valence-corrected chi connectivity index (χ4v) is 1.56. The van der Waals surface area contributed by atoms with Gasteiger partial charge < -0.3 is 4.74 Å². The predicted octanol–water partition coefficient (Wildman–Crippen LogP) is 3.17. The zero-order chi connectivity index (χ0) is 10.1. The first-order valence-corrected chi connectivity index (χ1v) is 4.44. The Hall–Kier alpha value is -0.680. The molecule has 13 heavy (non-hydrogen) atoms. The lowest BCUT2D eigenvalue weighted by Crippen LogP contribution is -2.20. The SMILES string of the molecule is CC(F)(F)OC(=O)c1ccc(Cl)s1. The second-order valence-electron chi connectivity index (χ2n) is 2.30. The molecule has 0 amide bonds. The number of esters is 1. The standard InChI is InChI=1S/C7H5ClF2O2S/c1-7(9,10)12-6(11)4-2-3-5(8)13-4/h2-3H,1H3. The molecule has 2 nitrogen and oxygen atoms in total. The molecular weight excluding hydrogens is 222 g/mol. The van der Waals surface area contributed by atoms with Crippen molar-refractivity contribution in [2.45, 2.75) is 13.0 Å². The molecule has 0 aromatic carbocycles. The minimum absolute atomic E-state index is 0.0616. The van der Waals surface area contributed by atoms with E-state index >= 15 is 0 Å². The summed E-state index contributed by atoms with van der Waals surface area (Å²) in [7, 11) is 0. The highest BCUT2D eigenvalue weighted by Crippen LogP contribution is 2.24. The lowest BCUT2D eigenvalue weighted by molar-refractivity contribution is -0.184. The first-order valence-electron chi connectivity index (χ1n) is 3.25. The van der Waals surface area contributed by atoms with E-state index in [1.165, 1.54) is 12.1 Å². The van der Waals surface area contributed by atoms with Crippen molar-refractivity contribution in [3.05, 3.63) is 21.3 Å². The van der Waals surface area contributed by atoms with Crippen LogP contribution in [0, 0.1) is 0 Å². The van der Waals surface area contributed by atoms with E-state index in [-0.39, 0.29) is 4.88 Å². The number of rotatable bonds is 2. The van der Waals surface area contributed by atoms with Crippen molar-refractivity contribution < 1.29 is 18.3 Å². The summed E-state index contributed by atoms with van der Waals surface area (Å²) in [4.78, 5) is 11.0. The van der Waals surface area contributed by atoms with E-state index in [4.69, 9.17) is 11.6 Å². The summed E-state index contributed by atoms with van der Waals surface area (Å²) in [5.74, 6) is -1.07. The molecule has 1 aromatic heterocycles. The average molecular weight is 227 g/mol. The topological polar surface area (TPSA) is 26.3 Å². The van der Waals surface area contributed by atoms with Crippen LogP contribution in [0.25, 0.3) is 0 Å². The average Bonchev–Trinajstić information content (AvgIpc) is 2.31. The molecule has 0 radical (unpaired) electrons. The van der Waals surface area contributed by atoms with Gasteiger partial charge in [-0.1, -0.05) is 11.6 Å². The maximum Gasteiger partial charge on any atom is 0.397 e. The van der Waals surface area contributed by atoms with Crippen LogP contribution in [0.5, 0.6) is 0 Å². The van der Waals surface area contributed by atoms with Crippen LogP contribution in [0.2, 0.25) is 4.34 Å². The molecular formula is C7H5ClF2O2S. The van der Waals surface area contributed by atoms with Gasteiger partial charge in [-0.05, 0) is 12.1 Å². The van der Waals surface area contributed by atoms with Crippen molar-refractivity contribution in [1.82, 2.24) is 0 Å². The summed E-state index contributed by atoms with van der Waals surface area (Å²) in [5.41, 5.74) is 0. The summed E-state index contributed by atoms with van der Waals surface area (Å²) in [5, 5.41) is 0. The second kappa shape index (κ2) is 3.59. The van der Waals surface area contributed by atoms with Gasteiger partial charge in [-0.3, -0.25) is 0 Å². The first-order chi connectivity index (χ1) is 5.88. The van der Waals surface area contributed by atoms with Crippen LogP contribution in [0.4, 0.5) is 8.78 Å². The van der Waals surface area contributed by atoms with Crippen LogP contribution in [-0.4, -0.2) is 12.1 Å². The Bertz CT molecular complexity index is 319. The van der Waals surface area contributed by atoms with Crippen molar-refractivity contribution in [3.8, 4) is 0 Å². The molecule has 0 saturated carbocycles. The molecule has 0 fully saturated rings. The maximum absolute atomic E-state index is 12.2. The molecule has 1 aromatic rings. The zero-order valence-electron chi connectivity index (χ0n) is 6.51. The van der Waals surface area contributed by atoms with Crippen molar-refractivity contribution in [1.29, 1.82) is 0 Å². The summed E-state index contributed by atoms with van der Waals surface area (Å²) in [6.45, 7) is 0.500. The van der Waals surface area contributed by atoms with Gasteiger partial charge in [0.1, 0.15) is 4.88 Å². The first kappa shape index (κ1) is 10.4. The maximum atomic E-state index is 12.2. The van der Waals surface area contributed by atoms with Crippen molar-refractivity contribution in [2.75, 3.05) is 0 Å². The van der Waals surface area contributed by atoms with Gasteiger partial charge in [0.25, 0.3) is 0 Å². The van der Waals surface area contributed by atoms with Gasteiger partial charge in [-0.2, -0.15) is 8.78 Å². The van der Waals surface area contributed by atoms with Gasteiger partial charge in [0.05, 0.1) is 4.34 Å². The van der Waals surface area contributed by atoms with Gasteiger partial charge in [0, 0.05) is 6.92 Å². The van der Waals surface area contributed by atoms with Crippen LogP contribution >= 0.6 is 22.9 Å². The fraction of sp³-hybridized carbons (Fsp3) is 0.286. The monoisotopic (exact) mass is 226 g/mol. The number of halogens is 3. The Morgan fingerprint density at radius 1 is 1.62 bits per heavy atom. The lowest BCUT2D eigenvalue weighted by atomic mass is 10.5. The molecule has 0 saturated heterocycles. The number of carbonyl (C=O) groups is 1. The van der Waals surface area contributed by atoms with E-state index in [1.807, 2.05) is 0 Å². The van der Waals surface area contributed by atoms with E-state index in [0.29, 0.717) is 11.3 Å². The van der Waals surface area contributed by atoms with Gasteiger partial charge in [0.15, 0.2) is 0 Å². The van der Waals surface area contributed by atoms with Crippen molar-refractivity contribution >= 4 is 28.9 Å². The minimum Gasteiger partial charge on any atom is -0.397 e. The highest BCUT2D eigenvalue weighted by atomic mass is 35.5. The van der Waals surface area contributed by atoms with E-state index in [2.05, 4.69) is 4.74 Å². The Balaban J connectivity index is 2.70. The molecule has 0 aliphatic carbocycles. The Morgan fingerprint density at radius 3 is 2.62 bits per heavy atom. The Morgan fingerprint density at radius 2 is 2.23 bits per heavy atom. The fourth-order valence-electron chi connectivity index (χ4n) is 0.637. The van der Waals surface area contributed by atoms with Crippen LogP contribution < -0.4 is 0 Å². The molecule has 0 atom stereocenters. The minimum atomic E-state index is -3.45. The number of ether oxygens (including phenoxy) is 1. The number of alkyl halides is 2. The molecule has 1 rings (SSSR count). The van der Waals surface area contributed by atoms with Gasteiger partial charge in [0.2, 0.25) is 0 Å². The van der Waals surface area contributed by atoms with Crippen molar-refractivity contribution in [2.24, 2.45) is 0 Å². The third-order valence-electron chi connectivity index (χ3n) is 1.05. The quantitative estimate of drug-likeness (QED) is 0.724.